The predicted octanol–water partition coefficient (Wildman–Crippen LogP) is 5.67. The highest BCUT2D eigenvalue weighted by molar-refractivity contribution is 9.09. The molecule has 0 heterocycles. The largest absolute Gasteiger partial charge is 0.391 e. The van der Waals surface area contributed by atoms with Crippen LogP contribution in [-0.4, -0.2) is 11.0 Å². The van der Waals surface area contributed by atoms with Crippen LogP contribution in [0.15, 0.2) is 24.3 Å². The van der Waals surface area contributed by atoms with E-state index in [2.05, 4.69) is 35.0 Å². The van der Waals surface area contributed by atoms with E-state index in [1.165, 1.54) is 11.1 Å². The van der Waals surface area contributed by atoms with Gasteiger partial charge in [-0.3, -0.25) is 0 Å². The summed E-state index contributed by atoms with van der Waals surface area (Å²) in [7, 11) is 0. The molecule has 20 heavy (non-hydrogen) atoms. The lowest BCUT2D eigenvalue weighted by atomic mass is 9.79. The molecule has 0 aliphatic heterocycles. The van der Waals surface area contributed by atoms with Crippen LogP contribution in [-0.2, 0) is 6.42 Å². The summed E-state index contributed by atoms with van der Waals surface area (Å²) in [6.07, 6.45) is -1.21. The van der Waals surface area contributed by atoms with E-state index >= 15 is 0 Å². The molecule has 0 bridgehead atoms. The van der Waals surface area contributed by atoms with Crippen molar-refractivity contribution >= 4 is 15.9 Å². The van der Waals surface area contributed by atoms with Gasteiger partial charge in [-0.25, -0.2) is 0 Å². The van der Waals surface area contributed by atoms with Crippen LogP contribution in [0.3, 0.4) is 0 Å². The Morgan fingerprint density at radius 1 is 1.15 bits per heavy atom. The van der Waals surface area contributed by atoms with Crippen LogP contribution in [0, 0.1) is 18.8 Å². The molecule has 4 heteroatoms. The summed E-state index contributed by atoms with van der Waals surface area (Å²) in [4.78, 5) is 0.276. The van der Waals surface area contributed by atoms with E-state index in [4.69, 9.17) is 0 Å². The van der Waals surface area contributed by atoms with E-state index < -0.39 is 12.1 Å². The number of aryl methyl sites for hydroxylation is 1. The van der Waals surface area contributed by atoms with Crippen molar-refractivity contribution in [1.29, 1.82) is 0 Å². The van der Waals surface area contributed by atoms with E-state index in [1.54, 1.807) is 0 Å². The van der Waals surface area contributed by atoms with Gasteiger partial charge in [-0.1, -0.05) is 40.2 Å². The molecule has 1 atom stereocenters. The molecule has 0 N–H and O–H groups in total. The van der Waals surface area contributed by atoms with Gasteiger partial charge < -0.3 is 0 Å². The van der Waals surface area contributed by atoms with Gasteiger partial charge in [0, 0.05) is 4.83 Å². The molecule has 2 rings (SSSR count). The van der Waals surface area contributed by atoms with Gasteiger partial charge in [-0.05, 0) is 56.1 Å². The molecule has 1 aliphatic rings. The molecule has 1 aromatic rings. The molecule has 0 radical (unpaired) electrons. The van der Waals surface area contributed by atoms with Gasteiger partial charge in [0.15, 0.2) is 0 Å². The van der Waals surface area contributed by atoms with Gasteiger partial charge in [0.05, 0.1) is 5.92 Å². The quantitative estimate of drug-likeness (QED) is 0.617. The Morgan fingerprint density at radius 3 is 2.30 bits per heavy atom. The number of hydrogen-bond donors (Lipinski definition) is 0. The molecule has 1 aliphatic carbocycles. The summed E-state index contributed by atoms with van der Waals surface area (Å²) in [5.41, 5.74) is 2.54. The first-order valence-corrected chi connectivity index (χ1v) is 8.04. The maximum atomic E-state index is 12.7. The number of alkyl halides is 4. The van der Waals surface area contributed by atoms with Crippen LogP contribution >= 0.6 is 15.9 Å². The Labute approximate surface area is 126 Å². The topological polar surface area (TPSA) is 0 Å². The van der Waals surface area contributed by atoms with Gasteiger partial charge in [-0.15, -0.1) is 0 Å². The minimum absolute atomic E-state index is 0.276. The highest BCUT2D eigenvalue weighted by atomic mass is 79.9. The number of halogens is 4. The fourth-order valence-corrected chi connectivity index (χ4v) is 3.90. The SMILES string of the molecule is Cc1ccccc1CC(Br)C1CCC(C(F)(F)F)CC1. The number of hydrogen-bond acceptors (Lipinski definition) is 0. The highest BCUT2D eigenvalue weighted by Crippen LogP contribution is 2.42. The van der Waals surface area contributed by atoms with Gasteiger partial charge in [0.1, 0.15) is 0 Å². The Bertz CT molecular complexity index is 434. The molecule has 0 amide bonds. The zero-order chi connectivity index (χ0) is 14.8. The van der Waals surface area contributed by atoms with Crippen molar-refractivity contribution in [2.24, 2.45) is 11.8 Å². The first-order chi connectivity index (χ1) is 9.38. The van der Waals surface area contributed by atoms with Gasteiger partial charge in [0.25, 0.3) is 0 Å². The third kappa shape index (κ3) is 4.00. The maximum Gasteiger partial charge on any atom is 0.391 e. The van der Waals surface area contributed by atoms with Crippen molar-refractivity contribution < 1.29 is 13.2 Å². The molecule has 0 nitrogen and oxygen atoms in total. The fourth-order valence-electron chi connectivity index (χ4n) is 3.02. The minimum Gasteiger partial charge on any atom is -0.171 e. The molecule has 1 fully saturated rings. The fraction of sp³-hybridized carbons (Fsp3) is 0.625. The predicted molar refractivity (Wildman–Crippen MR) is 79.1 cm³/mol. The molecule has 1 saturated carbocycles. The Balaban J connectivity index is 1.89. The van der Waals surface area contributed by atoms with Crippen LogP contribution in [0.25, 0.3) is 0 Å². The molecule has 1 aromatic carbocycles. The van der Waals surface area contributed by atoms with Crippen molar-refractivity contribution in [3.63, 3.8) is 0 Å². The second kappa shape index (κ2) is 6.50. The van der Waals surface area contributed by atoms with Gasteiger partial charge >= 0.3 is 6.18 Å². The van der Waals surface area contributed by atoms with Crippen molar-refractivity contribution in [1.82, 2.24) is 0 Å². The third-order valence-corrected chi connectivity index (χ3v) is 5.49. The Kier molecular flexibility index (Phi) is 5.16. The lowest BCUT2D eigenvalue weighted by Gasteiger charge is -2.32. The number of benzene rings is 1. The number of rotatable bonds is 3. The summed E-state index contributed by atoms with van der Waals surface area (Å²) in [6.45, 7) is 2.08. The summed E-state index contributed by atoms with van der Waals surface area (Å²) < 4.78 is 38.0. The van der Waals surface area contributed by atoms with Crippen LogP contribution in [0.1, 0.15) is 36.8 Å². The van der Waals surface area contributed by atoms with Crippen molar-refractivity contribution in [2.75, 3.05) is 0 Å². The molecular formula is C16H20BrF3. The monoisotopic (exact) mass is 348 g/mol. The van der Waals surface area contributed by atoms with Crippen LogP contribution in [0.4, 0.5) is 13.2 Å². The second-order valence-electron chi connectivity index (χ2n) is 5.80. The van der Waals surface area contributed by atoms with E-state index in [-0.39, 0.29) is 17.7 Å². The molecule has 0 saturated heterocycles. The average Bonchev–Trinajstić information content (AvgIpc) is 2.40. The first-order valence-electron chi connectivity index (χ1n) is 7.13. The summed E-state index contributed by atoms with van der Waals surface area (Å²) in [6, 6.07) is 8.21. The highest BCUT2D eigenvalue weighted by Gasteiger charge is 2.42. The Morgan fingerprint density at radius 2 is 1.75 bits per heavy atom. The maximum absolute atomic E-state index is 12.7. The zero-order valence-corrected chi connectivity index (χ0v) is 13.2. The van der Waals surface area contributed by atoms with Crippen LogP contribution in [0.2, 0.25) is 0 Å². The van der Waals surface area contributed by atoms with Crippen molar-refractivity contribution in [2.45, 2.75) is 50.0 Å². The molecule has 0 aromatic heterocycles. The van der Waals surface area contributed by atoms with Crippen molar-refractivity contribution in [3.8, 4) is 0 Å². The molecule has 0 spiro atoms. The first kappa shape index (κ1) is 15.9. The van der Waals surface area contributed by atoms with E-state index in [9.17, 15) is 13.2 Å². The van der Waals surface area contributed by atoms with E-state index in [0.717, 1.165) is 6.42 Å². The standard InChI is InChI=1S/C16H20BrF3/c1-11-4-2-3-5-13(11)10-15(17)12-6-8-14(9-7-12)16(18,19)20/h2-5,12,14-15H,6-10H2,1H3. The van der Waals surface area contributed by atoms with Crippen molar-refractivity contribution in [3.05, 3.63) is 35.4 Å². The third-order valence-electron chi connectivity index (χ3n) is 4.42. The lowest BCUT2D eigenvalue weighted by Crippen LogP contribution is -2.31. The van der Waals surface area contributed by atoms with E-state index in [1.807, 2.05) is 12.1 Å². The normalized spacial score (nSPS) is 25.4. The summed E-state index contributed by atoms with van der Waals surface area (Å²) >= 11 is 3.70. The van der Waals surface area contributed by atoms with E-state index in [0.29, 0.717) is 18.8 Å². The lowest BCUT2D eigenvalue weighted by molar-refractivity contribution is -0.183. The van der Waals surface area contributed by atoms with Gasteiger partial charge in [0.2, 0.25) is 0 Å². The molecule has 112 valence electrons. The van der Waals surface area contributed by atoms with Gasteiger partial charge in [-0.2, -0.15) is 13.2 Å². The van der Waals surface area contributed by atoms with Crippen LogP contribution in [0.5, 0.6) is 0 Å². The zero-order valence-electron chi connectivity index (χ0n) is 11.6. The van der Waals surface area contributed by atoms with Crippen LogP contribution < -0.4 is 0 Å². The smallest absolute Gasteiger partial charge is 0.171 e. The minimum atomic E-state index is -4.01. The second-order valence-corrected chi connectivity index (χ2v) is 6.98. The summed E-state index contributed by atoms with van der Waals surface area (Å²) in [5, 5.41) is 0. The Hall–Kier alpha value is -0.510. The molecular weight excluding hydrogens is 329 g/mol. The molecule has 1 unspecified atom stereocenters. The average molecular weight is 349 g/mol. The summed E-state index contributed by atoms with van der Waals surface area (Å²) in [5.74, 6) is -0.731.